The van der Waals surface area contributed by atoms with Crippen LogP contribution in [-0.4, -0.2) is 52.9 Å². The van der Waals surface area contributed by atoms with Gasteiger partial charge in [0.25, 0.3) is 0 Å². The molecule has 20 heavy (non-hydrogen) atoms. The van der Waals surface area contributed by atoms with Crippen molar-refractivity contribution in [1.82, 2.24) is 20.3 Å². The fourth-order valence-electron chi connectivity index (χ4n) is 1.90. The van der Waals surface area contributed by atoms with E-state index in [9.17, 15) is 9.59 Å². The smallest absolute Gasteiger partial charge is 0.246 e. The number of piperazine rings is 1. The maximum atomic E-state index is 11.4. The highest BCUT2D eigenvalue weighted by molar-refractivity contribution is 6.28. The van der Waals surface area contributed by atoms with Crippen molar-refractivity contribution in [3.05, 3.63) is 5.28 Å². The summed E-state index contributed by atoms with van der Waals surface area (Å²) >= 11 is 5.90. The van der Waals surface area contributed by atoms with Gasteiger partial charge in [0.1, 0.15) is 13.1 Å². The van der Waals surface area contributed by atoms with E-state index < -0.39 is 0 Å². The molecule has 1 saturated heterocycles. The lowest BCUT2D eigenvalue weighted by atomic mass is 10.3. The average molecular weight is 299 g/mol. The van der Waals surface area contributed by atoms with Crippen molar-refractivity contribution in [2.45, 2.75) is 13.8 Å². The molecule has 0 unspecified atom stereocenters. The number of carbonyl (C=O) groups excluding carboxylic acids is 2. The lowest BCUT2D eigenvalue weighted by molar-refractivity contribution is -0.130. The Kier molecular flexibility index (Phi) is 4.33. The van der Waals surface area contributed by atoms with Gasteiger partial charge >= 0.3 is 0 Å². The van der Waals surface area contributed by atoms with Crippen LogP contribution in [0.4, 0.5) is 11.9 Å². The Morgan fingerprint density at radius 1 is 1.15 bits per heavy atom. The van der Waals surface area contributed by atoms with Crippen LogP contribution < -0.4 is 15.1 Å². The minimum atomic E-state index is -0.387. The molecule has 0 aromatic carbocycles. The number of aromatic nitrogens is 3. The maximum absolute atomic E-state index is 11.4. The van der Waals surface area contributed by atoms with E-state index >= 15 is 0 Å². The highest BCUT2D eigenvalue weighted by atomic mass is 35.5. The van der Waals surface area contributed by atoms with Gasteiger partial charge in [-0.25, -0.2) is 0 Å². The van der Waals surface area contributed by atoms with Crippen molar-refractivity contribution in [3.63, 3.8) is 0 Å². The minimum absolute atomic E-state index is 0.0176. The fourth-order valence-corrected chi connectivity index (χ4v) is 2.05. The first-order valence-electron chi connectivity index (χ1n) is 6.27. The molecular weight excluding hydrogens is 284 g/mol. The molecule has 0 bridgehead atoms. The van der Waals surface area contributed by atoms with Crippen molar-refractivity contribution in [2.24, 2.45) is 0 Å². The molecule has 1 aliphatic rings. The maximum Gasteiger partial charge on any atom is 0.246 e. The summed E-state index contributed by atoms with van der Waals surface area (Å²) in [4.78, 5) is 38.5. The lowest BCUT2D eigenvalue weighted by Gasteiger charge is -2.26. The van der Waals surface area contributed by atoms with Gasteiger partial charge in [0.05, 0.1) is 0 Å². The van der Waals surface area contributed by atoms with Crippen molar-refractivity contribution in [3.8, 4) is 0 Å². The molecule has 2 amide bonds. The summed E-state index contributed by atoms with van der Waals surface area (Å²) in [5, 5.41) is 2.26. The molecule has 2 heterocycles. The second kappa shape index (κ2) is 6.00. The largest absolute Gasteiger partial charge is 0.341 e. The molecule has 1 fully saturated rings. The summed E-state index contributed by atoms with van der Waals surface area (Å²) in [5.41, 5.74) is 0. The fraction of sp³-hybridized carbons (Fsp3) is 0.545. The van der Waals surface area contributed by atoms with Crippen molar-refractivity contribution < 1.29 is 9.59 Å². The Balaban J connectivity index is 2.31. The quantitative estimate of drug-likeness (QED) is 0.772. The van der Waals surface area contributed by atoms with Crippen molar-refractivity contribution >= 4 is 35.3 Å². The van der Waals surface area contributed by atoms with Gasteiger partial charge in [-0.1, -0.05) is 0 Å². The van der Waals surface area contributed by atoms with Gasteiger partial charge in [0, 0.05) is 13.1 Å². The highest BCUT2D eigenvalue weighted by Gasteiger charge is 2.25. The molecule has 2 rings (SSSR count). The van der Waals surface area contributed by atoms with Crippen molar-refractivity contribution in [1.29, 1.82) is 0 Å². The number of hydrogen-bond donors (Lipinski definition) is 1. The number of rotatable bonds is 4. The topological polar surface area (TPSA) is 91.3 Å². The van der Waals surface area contributed by atoms with Gasteiger partial charge in [-0.2, -0.15) is 15.0 Å². The molecule has 1 aromatic rings. The third-order valence-corrected chi connectivity index (χ3v) is 3.03. The van der Waals surface area contributed by atoms with E-state index in [1.54, 1.807) is 0 Å². The number of amides is 2. The van der Waals surface area contributed by atoms with Crippen LogP contribution >= 0.6 is 11.6 Å². The molecule has 0 spiro atoms. The van der Waals surface area contributed by atoms with Gasteiger partial charge in [0.15, 0.2) is 0 Å². The standard InChI is InChI=1S/C11H15ClN6O2/c1-3-17(4-2)10-14-9(12)15-11(16-10)18-5-7(19)13-8(20)6-18/h3-6H2,1-2H3,(H,13,19,20). The van der Waals surface area contributed by atoms with Crippen LogP contribution in [0.2, 0.25) is 5.28 Å². The van der Waals surface area contributed by atoms with Gasteiger partial charge in [0.2, 0.25) is 29.0 Å². The third kappa shape index (κ3) is 3.13. The predicted octanol–water partition coefficient (Wildman–Crippen LogP) is -0.166. The molecule has 1 aliphatic heterocycles. The van der Waals surface area contributed by atoms with Gasteiger partial charge in [-0.15, -0.1) is 0 Å². The zero-order chi connectivity index (χ0) is 14.7. The van der Waals surface area contributed by atoms with Crippen LogP contribution in [0.25, 0.3) is 0 Å². The number of anilines is 2. The SMILES string of the molecule is CCN(CC)c1nc(Cl)nc(N2CC(=O)NC(=O)C2)n1. The first-order valence-corrected chi connectivity index (χ1v) is 6.65. The number of imide groups is 1. The molecule has 1 aromatic heterocycles. The first-order chi connectivity index (χ1) is 9.53. The average Bonchev–Trinajstić information content (AvgIpc) is 2.38. The van der Waals surface area contributed by atoms with E-state index in [-0.39, 0.29) is 36.1 Å². The van der Waals surface area contributed by atoms with E-state index in [0.29, 0.717) is 5.95 Å². The van der Waals surface area contributed by atoms with E-state index in [1.165, 1.54) is 4.90 Å². The lowest BCUT2D eigenvalue weighted by Crippen LogP contribution is -2.52. The number of nitrogens with one attached hydrogen (secondary N) is 1. The summed E-state index contributed by atoms with van der Waals surface area (Å²) < 4.78 is 0. The molecule has 8 nitrogen and oxygen atoms in total. The predicted molar refractivity (Wildman–Crippen MR) is 73.8 cm³/mol. The molecule has 0 atom stereocenters. The molecule has 1 N–H and O–H groups in total. The molecule has 0 aliphatic carbocycles. The number of nitrogens with zero attached hydrogens (tertiary/aromatic N) is 5. The molecule has 0 radical (unpaired) electrons. The van der Waals surface area contributed by atoms with Crippen LogP contribution in [-0.2, 0) is 9.59 Å². The Morgan fingerprint density at radius 2 is 1.75 bits per heavy atom. The van der Waals surface area contributed by atoms with Gasteiger partial charge < -0.3 is 9.80 Å². The van der Waals surface area contributed by atoms with Crippen LogP contribution in [0.1, 0.15) is 13.8 Å². The normalized spacial score (nSPS) is 15.2. The number of halogens is 1. The molecule has 108 valence electrons. The number of hydrogen-bond acceptors (Lipinski definition) is 7. The summed E-state index contributed by atoms with van der Waals surface area (Å²) in [6, 6.07) is 0. The Hall–Kier alpha value is -1.96. The minimum Gasteiger partial charge on any atom is -0.341 e. The van der Waals surface area contributed by atoms with Crippen LogP contribution in [0, 0.1) is 0 Å². The highest BCUT2D eigenvalue weighted by Crippen LogP contribution is 2.17. The second-order valence-corrected chi connectivity index (χ2v) is 4.54. The molecular formula is C11H15ClN6O2. The summed E-state index contributed by atoms with van der Waals surface area (Å²) in [7, 11) is 0. The Morgan fingerprint density at radius 3 is 2.30 bits per heavy atom. The summed E-state index contributed by atoms with van der Waals surface area (Å²) in [6.07, 6.45) is 0. The van der Waals surface area contributed by atoms with Crippen LogP contribution in [0.5, 0.6) is 0 Å². The Bertz CT molecular complexity index is 518. The van der Waals surface area contributed by atoms with E-state index in [1.807, 2.05) is 18.7 Å². The van der Waals surface area contributed by atoms with Gasteiger partial charge in [-0.05, 0) is 25.4 Å². The van der Waals surface area contributed by atoms with Crippen LogP contribution in [0.15, 0.2) is 0 Å². The summed E-state index contributed by atoms with van der Waals surface area (Å²) in [5.74, 6) is -0.108. The number of carbonyl (C=O) groups is 2. The second-order valence-electron chi connectivity index (χ2n) is 4.20. The zero-order valence-electron chi connectivity index (χ0n) is 11.3. The van der Waals surface area contributed by atoms with Crippen LogP contribution in [0.3, 0.4) is 0 Å². The van der Waals surface area contributed by atoms with Crippen molar-refractivity contribution in [2.75, 3.05) is 36.0 Å². The van der Waals surface area contributed by atoms with E-state index in [2.05, 4.69) is 20.3 Å². The molecule has 9 heteroatoms. The third-order valence-electron chi connectivity index (χ3n) is 2.86. The van der Waals surface area contributed by atoms with E-state index in [4.69, 9.17) is 11.6 Å². The molecule has 0 saturated carbocycles. The van der Waals surface area contributed by atoms with Gasteiger partial charge in [-0.3, -0.25) is 14.9 Å². The monoisotopic (exact) mass is 298 g/mol. The van der Waals surface area contributed by atoms with E-state index in [0.717, 1.165) is 13.1 Å². The zero-order valence-corrected chi connectivity index (χ0v) is 12.0. The first kappa shape index (κ1) is 14.4. The summed E-state index contributed by atoms with van der Waals surface area (Å²) in [6.45, 7) is 5.41. The Labute approximate surface area is 121 Å².